The maximum Gasteiger partial charge on any atom is 0.106 e. The highest BCUT2D eigenvalue weighted by Gasteiger charge is 2.36. The van der Waals surface area contributed by atoms with E-state index in [1.165, 1.54) is 0 Å². The lowest BCUT2D eigenvalue weighted by Gasteiger charge is -2.35. The molecule has 1 N–H and O–H groups in total. The molecule has 1 aliphatic rings. The Hall–Kier alpha value is -0.480. The van der Waals surface area contributed by atoms with Crippen molar-refractivity contribution in [1.29, 1.82) is 0 Å². The lowest BCUT2D eigenvalue weighted by Crippen LogP contribution is -2.34. The molecule has 1 saturated carbocycles. The smallest absolute Gasteiger partial charge is 0.106 e. The summed E-state index contributed by atoms with van der Waals surface area (Å²) >= 11 is 1.91. The number of aliphatic hydroxyl groups is 1. The molecule has 0 saturated heterocycles. The molecule has 84 valence electrons. The molecule has 4 heteroatoms. The van der Waals surface area contributed by atoms with Gasteiger partial charge in [-0.05, 0) is 38.0 Å². The molecular weight excluding hydrogens is 208 g/mol. The minimum Gasteiger partial charge on any atom is -0.384 e. The van der Waals surface area contributed by atoms with E-state index >= 15 is 0 Å². The first-order valence-corrected chi connectivity index (χ1v) is 6.68. The van der Waals surface area contributed by atoms with Crippen LogP contribution in [-0.2, 0) is 12.6 Å². The van der Waals surface area contributed by atoms with Crippen LogP contribution in [0.15, 0.2) is 12.3 Å². The van der Waals surface area contributed by atoms with Crippen molar-refractivity contribution in [2.75, 3.05) is 6.26 Å². The molecule has 1 heterocycles. The van der Waals surface area contributed by atoms with Crippen molar-refractivity contribution < 1.29 is 5.11 Å². The summed E-state index contributed by atoms with van der Waals surface area (Å²) in [6.07, 6.45) is 7.83. The van der Waals surface area contributed by atoms with Gasteiger partial charge >= 0.3 is 0 Å². The summed E-state index contributed by atoms with van der Waals surface area (Å²) in [5, 5.41) is 15.4. The second-order valence-corrected chi connectivity index (χ2v) is 5.44. The summed E-state index contributed by atoms with van der Waals surface area (Å²) in [5.74, 6) is 0. The second-order valence-electron chi connectivity index (χ2n) is 4.31. The maximum atomic E-state index is 10.6. The lowest BCUT2D eigenvalue weighted by atomic mass is 9.82. The predicted molar refractivity (Wildman–Crippen MR) is 62.9 cm³/mol. The van der Waals surface area contributed by atoms with Gasteiger partial charge in [-0.2, -0.15) is 16.9 Å². The molecule has 1 aromatic heterocycles. The van der Waals surface area contributed by atoms with E-state index in [9.17, 15) is 5.11 Å². The molecule has 0 amide bonds. The Bertz CT molecular complexity index is 329. The first-order chi connectivity index (χ1) is 7.15. The summed E-state index contributed by atoms with van der Waals surface area (Å²) in [6, 6.07) is 1.93. The van der Waals surface area contributed by atoms with E-state index in [1.54, 1.807) is 10.9 Å². The summed E-state index contributed by atoms with van der Waals surface area (Å²) in [4.78, 5) is 0. The average Bonchev–Trinajstić information content (AvgIpc) is 2.66. The van der Waals surface area contributed by atoms with Crippen molar-refractivity contribution in [3.8, 4) is 0 Å². The molecule has 0 aromatic carbocycles. The Labute approximate surface area is 94.9 Å². The maximum absolute atomic E-state index is 10.6. The normalized spacial score (nSPS) is 31.8. The van der Waals surface area contributed by atoms with E-state index < -0.39 is 5.60 Å². The quantitative estimate of drug-likeness (QED) is 0.837. The van der Waals surface area contributed by atoms with E-state index in [1.807, 2.05) is 24.9 Å². The molecule has 1 fully saturated rings. The Kier molecular flexibility index (Phi) is 3.07. The zero-order valence-corrected chi connectivity index (χ0v) is 10.1. The molecular formula is C11H18N2OS. The molecule has 0 radical (unpaired) electrons. The van der Waals surface area contributed by atoms with Crippen LogP contribution in [0.1, 0.15) is 31.4 Å². The fourth-order valence-corrected chi connectivity index (χ4v) is 3.10. The Balaban J connectivity index is 2.13. The van der Waals surface area contributed by atoms with Crippen LogP contribution >= 0.6 is 11.8 Å². The summed E-state index contributed by atoms with van der Waals surface area (Å²) in [6.45, 7) is 0. The van der Waals surface area contributed by atoms with Gasteiger partial charge in [0, 0.05) is 18.5 Å². The topological polar surface area (TPSA) is 38.1 Å². The Morgan fingerprint density at radius 2 is 2.20 bits per heavy atom. The minimum atomic E-state index is -0.641. The van der Waals surface area contributed by atoms with Crippen LogP contribution < -0.4 is 0 Å². The zero-order valence-electron chi connectivity index (χ0n) is 9.31. The van der Waals surface area contributed by atoms with Gasteiger partial charge in [0.15, 0.2) is 0 Å². The summed E-state index contributed by atoms with van der Waals surface area (Å²) in [5.41, 5.74) is 0.319. The Morgan fingerprint density at radius 3 is 2.67 bits per heavy atom. The van der Waals surface area contributed by atoms with Gasteiger partial charge in [-0.3, -0.25) is 4.68 Å². The third-order valence-electron chi connectivity index (χ3n) is 3.39. The van der Waals surface area contributed by atoms with Crippen LogP contribution in [0.2, 0.25) is 0 Å². The van der Waals surface area contributed by atoms with Crippen LogP contribution in [0.4, 0.5) is 0 Å². The second kappa shape index (κ2) is 4.18. The van der Waals surface area contributed by atoms with Crippen LogP contribution in [-0.4, -0.2) is 26.4 Å². The number of thioether (sulfide) groups is 1. The van der Waals surface area contributed by atoms with Crippen LogP contribution in [0.25, 0.3) is 0 Å². The molecule has 1 aromatic rings. The summed E-state index contributed by atoms with van der Waals surface area (Å²) < 4.78 is 1.79. The number of hydrogen-bond acceptors (Lipinski definition) is 3. The van der Waals surface area contributed by atoms with Crippen molar-refractivity contribution in [2.45, 2.75) is 36.5 Å². The van der Waals surface area contributed by atoms with Crippen LogP contribution in [0.3, 0.4) is 0 Å². The van der Waals surface area contributed by atoms with Crippen molar-refractivity contribution >= 4 is 11.8 Å². The molecule has 1 aliphatic carbocycles. The lowest BCUT2D eigenvalue weighted by molar-refractivity contribution is -0.00648. The molecule has 0 spiro atoms. The van der Waals surface area contributed by atoms with Gasteiger partial charge < -0.3 is 5.11 Å². The number of nitrogens with zero attached hydrogens (tertiary/aromatic N) is 2. The molecule has 0 aliphatic heterocycles. The molecule has 3 nitrogen and oxygen atoms in total. The number of aromatic nitrogens is 2. The third-order valence-corrected chi connectivity index (χ3v) is 4.53. The highest BCUT2D eigenvalue weighted by atomic mass is 32.2. The highest BCUT2D eigenvalue weighted by Crippen LogP contribution is 2.39. The number of aryl methyl sites for hydroxylation is 1. The van der Waals surface area contributed by atoms with Gasteiger partial charge in [0.05, 0.1) is 5.69 Å². The van der Waals surface area contributed by atoms with E-state index in [2.05, 4.69) is 11.4 Å². The Morgan fingerprint density at radius 1 is 1.53 bits per heavy atom. The predicted octanol–water partition coefficient (Wildman–Crippen LogP) is 1.91. The number of rotatable bonds is 2. The fourth-order valence-electron chi connectivity index (χ4n) is 2.39. The van der Waals surface area contributed by atoms with E-state index in [-0.39, 0.29) is 0 Å². The van der Waals surface area contributed by atoms with Gasteiger partial charge in [0.2, 0.25) is 0 Å². The first kappa shape index (κ1) is 11.0. The molecule has 2 rings (SSSR count). The highest BCUT2D eigenvalue weighted by molar-refractivity contribution is 7.99. The summed E-state index contributed by atoms with van der Waals surface area (Å²) in [7, 11) is 1.90. The zero-order chi connectivity index (χ0) is 10.9. The van der Waals surface area contributed by atoms with Crippen LogP contribution in [0, 0.1) is 0 Å². The van der Waals surface area contributed by atoms with Gasteiger partial charge in [-0.25, -0.2) is 0 Å². The van der Waals surface area contributed by atoms with E-state index in [0.29, 0.717) is 0 Å². The largest absolute Gasteiger partial charge is 0.384 e. The molecule has 0 unspecified atom stereocenters. The van der Waals surface area contributed by atoms with Gasteiger partial charge in [0.25, 0.3) is 0 Å². The van der Waals surface area contributed by atoms with Crippen molar-refractivity contribution in [1.82, 2.24) is 9.78 Å². The molecule has 0 atom stereocenters. The van der Waals surface area contributed by atoms with Gasteiger partial charge in [0.1, 0.15) is 5.60 Å². The fraction of sp³-hybridized carbons (Fsp3) is 0.727. The average molecular weight is 226 g/mol. The van der Waals surface area contributed by atoms with E-state index in [4.69, 9.17) is 0 Å². The van der Waals surface area contributed by atoms with Crippen molar-refractivity contribution in [2.24, 2.45) is 7.05 Å². The van der Waals surface area contributed by atoms with Gasteiger partial charge in [-0.1, -0.05) is 0 Å². The van der Waals surface area contributed by atoms with E-state index in [0.717, 1.165) is 36.6 Å². The first-order valence-electron chi connectivity index (χ1n) is 5.39. The van der Waals surface area contributed by atoms with Crippen molar-refractivity contribution in [3.05, 3.63) is 18.0 Å². The minimum absolute atomic E-state index is 0.641. The van der Waals surface area contributed by atoms with Crippen LogP contribution in [0.5, 0.6) is 0 Å². The standard InChI is InChI=1S/C11H18N2OS/c1-13-10(5-8-12-13)11(14)6-3-9(15-2)4-7-11/h5,8-9,14H,3-4,6-7H2,1-2H3. The monoisotopic (exact) mass is 226 g/mol. The third kappa shape index (κ3) is 2.06. The molecule has 0 bridgehead atoms. The van der Waals surface area contributed by atoms with Crippen molar-refractivity contribution in [3.63, 3.8) is 0 Å². The SMILES string of the molecule is CSC1CCC(O)(c2ccnn2C)CC1. The molecule has 15 heavy (non-hydrogen) atoms. The number of hydrogen-bond donors (Lipinski definition) is 1. The van der Waals surface area contributed by atoms with Gasteiger partial charge in [-0.15, -0.1) is 0 Å².